The van der Waals surface area contributed by atoms with Gasteiger partial charge in [0.1, 0.15) is 6.04 Å². The highest BCUT2D eigenvalue weighted by atomic mass is 35.5. The van der Waals surface area contributed by atoms with E-state index in [1.807, 2.05) is 24.3 Å². The van der Waals surface area contributed by atoms with Crippen LogP contribution in [0.3, 0.4) is 0 Å². The van der Waals surface area contributed by atoms with Crippen molar-refractivity contribution in [1.29, 1.82) is 0 Å². The molecule has 176 valence electrons. The summed E-state index contributed by atoms with van der Waals surface area (Å²) in [5.74, 6) is -0.973. The molecule has 3 aromatic rings. The number of carbonyl (C=O) groups is 2. The molecular formula is C25H23ClN2O5S. The van der Waals surface area contributed by atoms with Gasteiger partial charge >= 0.3 is 5.97 Å². The summed E-state index contributed by atoms with van der Waals surface area (Å²) in [5.41, 5.74) is 2.46. The van der Waals surface area contributed by atoms with E-state index in [0.29, 0.717) is 17.1 Å². The Kier molecular flexibility index (Phi) is 6.63. The van der Waals surface area contributed by atoms with Crippen molar-refractivity contribution in [2.24, 2.45) is 0 Å². The second-order valence-corrected chi connectivity index (χ2v) is 10.3. The Morgan fingerprint density at radius 2 is 1.71 bits per heavy atom. The van der Waals surface area contributed by atoms with Crippen LogP contribution < -0.4 is 4.31 Å². The quantitative estimate of drug-likeness (QED) is 0.498. The standard InChI is InChI=1S/C25H23ClN2O5S/c1-27(21-11-6-10-20(26)15-21)34(31,32)22-12-5-9-18(13-22)24(29)28-16-19-8-4-3-7-17(19)14-23(28)25(30)33-2/h3-13,15,23H,14,16H2,1-2H3. The van der Waals surface area contributed by atoms with E-state index in [-0.39, 0.29) is 17.0 Å². The molecule has 1 atom stereocenters. The number of amides is 1. The van der Waals surface area contributed by atoms with Gasteiger partial charge in [-0.3, -0.25) is 9.10 Å². The zero-order chi connectivity index (χ0) is 24.5. The van der Waals surface area contributed by atoms with E-state index in [0.717, 1.165) is 15.4 Å². The maximum absolute atomic E-state index is 13.5. The van der Waals surface area contributed by atoms with Crippen LogP contribution in [0, 0.1) is 0 Å². The molecule has 0 N–H and O–H groups in total. The maximum atomic E-state index is 13.5. The van der Waals surface area contributed by atoms with Crippen molar-refractivity contribution < 1.29 is 22.7 Å². The van der Waals surface area contributed by atoms with Crippen molar-refractivity contribution in [2.75, 3.05) is 18.5 Å². The van der Waals surface area contributed by atoms with Crippen molar-refractivity contribution in [3.05, 3.63) is 94.5 Å². The zero-order valence-electron chi connectivity index (χ0n) is 18.6. The van der Waals surface area contributed by atoms with E-state index >= 15 is 0 Å². The molecule has 0 aromatic heterocycles. The Labute approximate surface area is 203 Å². The maximum Gasteiger partial charge on any atom is 0.328 e. The fourth-order valence-corrected chi connectivity index (χ4v) is 5.43. The molecule has 0 radical (unpaired) electrons. The molecule has 1 aliphatic heterocycles. The van der Waals surface area contributed by atoms with Crippen molar-refractivity contribution in [2.45, 2.75) is 23.9 Å². The lowest BCUT2D eigenvalue weighted by atomic mass is 9.93. The average Bonchev–Trinajstić information content (AvgIpc) is 2.86. The molecule has 0 saturated heterocycles. The molecule has 3 aromatic carbocycles. The topological polar surface area (TPSA) is 84.0 Å². The summed E-state index contributed by atoms with van der Waals surface area (Å²) in [6.45, 7) is 0.216. The van der Waals surface area contributed by atoms with Crippen LogP contribution in [0.4, 0.5) is 5.69 Å². The second kappa shape index (κ2) is 9.48. The molecule has 1 aliphatic rings. The monoisotopic (exact) mass is 498 g/mol. The molecule has 1 unspecified atom stereocenters. The number of rotatable bonds is 5. The number of benzene rings is 3. The van der Waals surface area contributed by atoms with Gasteiger partial charge < -0.3 is 9.64 Å². The predicted octanol–water partition coefficient (Wildman–Crippen LogP) is 3.91. The van der Waals surface area contributed by atoms with Crippen LogP contribution in [0.1, 0.15) is 21.5 Å². The number of methoxy groups -OCH3 is 1. The first-order chi connectivity index (χ1) is 16.2. The molecule has 9 heteroatoms. The molecule has 1 amide bonds. The molecule has 4 rings (SSSR count). The largest absolute Gasteiger partial charge is 0.467 e. The van der Waals surface area contributed by atoms with E-state index in [1.54, 1.807) is 24.3 Å². The van der Waals surface area contributed by atoms with E-state index in [4.69, 9.17) is 16.3 Å². The first kappa shape index (κ1) is 23.8. The third kappa shape index (κ3) is 4.51. The molecule has 7 nitrogen and oxygen atoms in total. The molecule has 0 spiro atoms. The first-order valence-corrected chi connectivity index (χ1v) is 12.3. The number of sulfonamides is 1. The van der Waals surface area contributed by atoms with Crippen LogP contribution in [-0.2, 0) is 32.5 Å². The van der Waals surface area contributed by atoms with E-state index < -0.39 is 27.9 Å². The SMILES string of the molecule is COC(=O)C1Cc2ccccc2CN1C(=O)c1cccc(S(=O)(=O)N(C)c2cccc(Cl)c2)c1. The third-order valence-corrected chi connectivity index (χ3v) is 7.91. The minimum atomic E-state index is -3.97. The number of ether oxygens (including phenoxy) is 1. The number of carbonyl (C=O) groups excluding carboxylic acids is 2. The van der Waals surface area contributed by atoms with Crippen LogP contribution in [0.25, 0.3) is 0 Å². The van der Waals surface area contributed by atoms with Gasteiger partial charge in [-0.2, -0.15) is 0 Å². The van der Waals surface area contributed by atoms with Gasteiger partial charge in [-0.25, -0.2) is 13.2 Å². The molecule has 0 fully saturated rings. The normalized spacial score (nSPS) is 15.4. The lowest BCUT2D eigenvalue weighted by Crippen LogP contribution is -2.49. The lowest BCUT2D eigenvalue weighted by Gasteiger charge is -2.35. The minimum absolute atomic E-state index is 0.0483. The summed E-state index contributed by atoms with van der Waals surface area (Å²) in [4.78, 5) is 27.4. The molecule has 0 bridgehead atoms. The molecule has 1 heterocycles. The van der Waals surface area contributed by atoms with Crippen molar-refractivity contribution in [3.63, 3.8) is 0 Å². The summed E-state index contributed by atoms with van der Waals surface area (Å²) in [6, 6.07) is 19.1. The van der Waals surface area contributed by atoms with Gasteiger partial charge in [-0.1, -0.05) is 48.0 Å². The highest BCUT2D eigenvalue weighted by Gasteiger charge is 2.36. The van der Waals surface area contributed by atoms with Crippen LogP contribution in [-0.4, -0.2) is 45.4 Å². The molecular weight excluding hydrogens is 476 g/mol. The summed E-state index contributed by atoms with van der Waals surface area (Å²) >= 11 is 6.02. The molecule has 0 saturated carbocycles. The Hall–Kier alpha value is -3.36. The second-order valence-electron chi connectivity index (χ2n) is 7.93. The number of hydrogen-bond acceptors (Lipinski definition) is 5. The number of nitrogens with zero attached hydrogens (tertiary/aromatic N) is 2. The fourth-order valence-electron chi connectivity index (χ4n) is 4.01. The number of fused-ring (bicyclic) bond motifs is 1. The lowest BCUT2D eigenvalue weighted by molar-refractivity contribution is -0.146. The highest BCUT2D eigenvalue weighted by Crippen LogP contribution is 2.28. The number of esters is 1. The summed E-state index contributed by atoms with van der Waals surface area (Å²) < 4.78 is 32.6. The van der Waals surface area contributed by atoms with Gasteiger partial charge in [0.15, 0.2) is 0 Å². The predicted molar refractivity (Wildman–Crippen MR) is 129 cm³/mol. The van der Waals surface area contributed by atoms with Gasteiger partial charge in [0, 0.05) is 30.6 Å². The molecule has 0 aliphatic carbocycles. The van der Waals surface area contributed by atoms with Crippen molar-refractivity contribution in [1.82, 2.24) is 4.90 Å². The molecule has 34 heavy (non-hydrogen) atoms. The van der Waals surface area contributed by atoms with Gasteiger partial charge in [-0.15, -0.1) is 0 Å². The summed E-state index contributed by atoms with van der Waals surface area (Å²) in [5, 5.41) is 0.405. The van der Waals surface area contributed by atoms with Crippen LogP contribution in [0.2, 0.25) is 5.02 Å². The number of hydrogen-bond donors (Lipinski definition) is 0. The first-order valence-electron chi connectivity index (χ1n) is 10.5. The minimum Gasteiger partial charge on any atom is -0.467 e. The summed E-state index contributed by atoms with van der Waals surface area (Å²) in [6.07, 6.45) is 0.323. The number of halogens is 1. The van der Waals surface area contributed by atoms with E-state index in [2.05, 4.69) is 0 Å². The average molecular weight is 499 g/mol. The Bertz CT molecular complexity index is 1360. The highest BCUT2D eigenvalue weighted by molar-refractivity contribution is 7.92. The van der Waals surface area contributed by atoms with Crippen LogP contribution >= 0.6 is 11.6 Å². The Morgan fingerprint density at radius 1 is 1.00 bits per heavy atom. The van der Waals surface area contributed by atoms with Gasteiger partial charge in [-0.05, 0) is 47.5 Å². The van der Waals surface area contributed by atoms with E-state index in [1.165, 1.54) is 43.3 Å². The van der Waals surface area contributed by atoms with Crippen molar-refractivity contribution in [3.8, 4) is 0 Å². The van der Waals surface area contributed by atoms with E-state index in [9.17, 15) is 18.0 Å². The van der Waals surface area contributed by atoms with Crippen LogP contribution in [0.5, 0.6) is 0 Å². The number of anilines is 1. The third-order valence-electron chi connectivity index (χ3n) is 5.89. The van der Waals surface area contributed by atoms with Gasteiger partial charge in [0.2, 0.25) is 0 Å². The smallest absolute Gasteiger partial charge is 0.328 e. The van der Waals surface area contributed by atoms with Gasteiger partial charge in [0.05, 0.1) is 17.7 Å². The Balaban J connectivity index is 1.68. The summed E-state index contributed by atoms with van der Waals surface area (Å²) in [7, 11) is -1.26. The van der Waals surface area contributed by atoms with Crippen molar-refractivity contribution >= 4 is 39.2 Å². The zero-order valence-corrected chi connectivity index (χ0v) is 20.2. The Morgan fingerprint density at radius 3 is 2.41 bits per heavy atom. The fraction of sp³-hybridized carbons (Fsp3) is 0.200. The van der Waals surface area contributed by atoms with Crippen LogP contribution in [0.15, 0.2) is 77.7 Å². The van der Waals surface area contributed by atoms with Gasteiger partial charge in [0.25, 0.3) is 15.9 Å².